The Bertz CT molecular complexity index is 643. The fourth-order valence-electron chi connectivity index (χ4n) is 1.95. The quantitative estimate of drug-likeness (QED) is 0.381. The van der Waals surface area contributed by atoms with Gasteiger partial charge in [0.15, 0.2) is 5.84 Å². The van der Waals surface area contributed by atoms with E-state index in [2.05, 4.69) is 29.2 Å². The molecule has 0 aliphatic rings. The maximum Gasteiger partial charge on any atom is 0.250 e. The molecule has 1 unspecified atom stereocenters. The molecule has 1 aromatic carbocycles. The van der Waals surface area contributed by atoms with Crippen LogP contribution in [0.5, 0.6) is 11.6 Å². The first kappa shape index (κ1) is 14.8. The van der Waals surface area contributed by atoms with Crippen LogP contribution in [0.25, 0.3) is 0 Å². The van der Waals surface area contributed by atoms with Crippen LogP contribution in [0.4, 0.5) is 0 Å². The minimum absolute atomic E-state index is 0.0686. The monoisotopic (exact) mass is 286 g/mol. The first-order valence-corrected chi connectivity index (χ1v) is 6.73. The average Bonchev–Trinajstić information content (AvgIpc) is 2.54. The van der Waals surface area contributed by atoms with Crippen LogP contribution in [0.2, 0.25) is 0 Å². The van der Waals surface area contributed by atoms with Crippen molar-refractivity contribution < 1.29 is 9.94 Å². The van der Waals surface area contributed by atoms with E-state index in [4.69, 9.17) is 15.7 Å². The summed E-state index contributed by atoms with van der Waals surface area (Å²) in [6.45, 7) is 4.24. The van der Waals surface area contributed by atoms with Gasteiger partial charge in [-0.1, -0.05) is 37.2 Å². The van der Waals surface area contributed by atoms with Gasteiger partial charge in [-0.05, 0) is 30.0 Å². The van der Waals surface area contributed by atoms with Gasteiger partial charge < -0.3 is 15.7 Å². The smallest absolute Gasteiger partial charge is 0.250 e. The van der Waals surface area contributed by atoms with Gasteiger partial charge in [0.25, 0.3) is 0 Å². The van der Waals surface area contributed by atoms with Gasteiger partial charge in [0.1, 0.15) is 5.75 Å². The normalized spacial score (nSPS) is 13.0. The van der Waals surface area contributed by atoms with E-state index in [1.54, 1.807) is 6.07 Å². The van der Waals surface area contributed by atoms with Crippen molar-refractivity contribution in [3.63, 3.8) is 0 Å². The summed E-state index contributed by atoms with van der Waals surface area (Å²) in [7, 11) is 0. The van der Waals surface area contributed by atoms with Crippen molar-refractivity contribution in [1.29, 1.82) is 0 Å². The molecule has 2 rings (SSSR count). The number of hydrogen-bond donors (Lipinski definition) is 2. The number of aromatic nitrogens is 2. The van der Waals surface area contributed by atoms with Crippen LogP contribution in [0, 0.1) is 0 Å². The number of hydrogen-bond acceptors (Lipinski definition) is 5. The molecule has 0 radical (unpaired) electrons. The Morgan fingerprint density at radius 1 is 1.38 bits per heavy atom. The van der Waals surface area contributed by atoms with Gasteiger partial charge in [0.2, 0.25) is 5.88 Å². The Hall–Kier alpha value is -2.63. The third-order valence-corrected chi connectivity index (χ3v) is 3.34. The largest absolute Gasteiger partial charge is 0.437 e. The molecule has 0 amide bonds. The molecular weight excluding hydrogens is 268 g/mol. The maximum absolute atomic E-state index is 8.82. The third-order valence-electron chi connectivity index (χ3n) is 3.34. The average molecular weight is 286 g/mol. The first-order valence-electron chi connectivity index (χ1n) is 6.73. The molecule has 21 heavy (non-hydrogen) atoms. The second kappa shape index (κ2) is 6.69. The molecule has 0 aliphatic carbocycles. The van der Waals surface area contributed by atoms with Crippen LogP contribution in [0.15, 0.2) is 41.7 Å². The molecule has 110 valence electrons. The zero-order valence-electron chi connectivity index (χ0n) is 12.0. The third kappa shape index (κ3) is 3.28. The highest BCUT2D eigenvalue weighted by atomic mass is 16.5. The lowest BCUT2D eigenvalue weighted by atomic mass is 9.98. The zero-order chi connectivity index (χ0) is 15.2. The van der Waals surface area contributed by atoms with Crippen LogP contribution in [0.3, 0.4) is 0 Å². The Kier molecular flexibility index (Phi) is 4.71. The van der Waals surface area contributed by atoms with E-state index >= 15 is 0 Å². The predicted molar refractivity (Wildman–Crippen MR) is 79.8 cm³/mol. The molecule has 1 aromatic heterocycles. The van der Waals surface area contributed by atoms with Crippen molar-refractivity contribution in [2.45, 2.75) is 26.2 Å². The van der Waals surface area contributed by atoms with Crippen LogP contribution < -0.4 is 10.5 Å². The van der Waals surface area contributed by atoms with Crippen molar-refractivity contribution in [2.24, 2.45) is 10.9 Å². The van der Waals surface area contributed by atoms with Crippen molar-refractivity contribution in [3.05, 3.63) is 47.7 Å². The minimum Gasteiger partial charge on any atom is -0.437 e. The van der Waals surface area contributed by atoms with Crippen molar-refractivity contribution in [2.75, 3.05) is 0 Å². The highest BCUT2D eigenvalue weighted by Gasteiger charge is 2.15. The Morgan fingerprint density at radius 3 is 2.86 bits per heavy atom. The highest BCUT2D eigenvalue weighted by molar-refractivity contribution is 5.98. The van der Waals surface area contributed by atoms with E-state index < -0.39 is 0 Å². The molecule has 1 heterocycles. The molecule has 2 aromatic rings. The molecule has 0 saturated heterocycles. The van der Waals surface area contributed by atoms with E-state index in [0.29, 0.717) is 17.2 Å². The number of nitrogens with two attached hydrogens (primary N) is 1. The Morgan fingerprint density at radius 2 is 2.14 bits per heavy atom. The van der Waals surface area contributed by atoms with E-state index in [9.17, 15) is 0 Å². The summed E-state index contributed by atoms with van der Waals surface area (Å²) < 4.78 is 5.84. The fraction of sp³-hybridized carbons (Fsp3) is 0.267. The van der Waals surface area contributed by atoms with Gasteiger partial charge >= 0.3 is 0 Å². The van der Waals surface area contributed by atoms with E-state index in [1.807, 2.05) is 24.3 Å². The number of oxime groups is 1. The van der Waals surface area contributed by atoms with Crippen LogP contribution >= 0.6 is 0 Å². The lowest BCUT2D eigenvalue weighted by Crippen LogP contribution is -2.15. The molecule has 1 atom stereocenters. The summed E-state index contributed by atoms with van der Waals surface area (Å²) in [5, 5.41) is 19.5. The highest BCUT2D eigenvalue weighted by Crippen LogP contribution is 2.32. The van der Waals surface area contributed by atoms with Gasteiger partial charge in [-0.25, -0.2) is 0 Å². The van der Waals surface area contributed by atoms with Gasteiger partial charge in [0.05, 0.1) is 11.8 Å². The Balaban J connectivity index is 2.40. The number of para-hydroxylation sites is 1. The number of rotatable bonds is 5. The molecular formula is C15H18N4O2. The molecule has 0 saturated carbocycles. The van der Waals surface area contributed by atoms with Gasteiger partial charge in [-0.15, -0.1) is 5.10 Å². The van der Waals surface area contributed by atoms with Gasteiger partial charge in [-0.2, -0.15) is 5.10 Å². The lowest BCUT2D eigenvalue weighted by molar-refractivity contribution is 0.318. The summed E-state index contributed by atoms with van der Waals surface area (Å²) in [5.41, 5.74) is 7.10. The summed E-state index contributed by atoms with van der Waals surface area (Å²) >= 11 is 0. The van der Waals surface area contributed by atoms with Gasteiger partial charge in [-0.3, -0.25) is 0 Å². The number of benzene rings is 1. The van der Waals surface area contributed by atoms with Crippen LogP contribution in [0.1, 0.15) is 37.3 Å². The summed E-state index contributed by atoms with van der Waals surface area (Å²) in [6, 6.07) is 9.33. The molecule has 0 aliphatic heterocycles. The molecule has 3 N–H and O–H groups in total. The maximum atomic E-state index is 8.82. The molecule has 0 bridgehead atoms. The second-order valence-electron chi connectivity index (χ2n) is 4.68. The summed E-state index contributed by atoms with van der Waals surface area (Å²) in [4.78, 5) is 0. The first-order chi connectivity index (χ1) is 10.2. The van der Waals surface area contributed by atoms with Crippen LogP contribution in [-0.4, -0.2) is 21.2 Å². The minimum atomic E-state index is -0.0686. The standard InChI is InChI=1S/C15H18N4O2/c1-3-10(2)11-6-4-5-7-13(11)21-15-12(14(16)19-20)8-9-17-18-15/h4-10,20H,3H2,1-2H3,(H2,16,19). The van der Waals surface area contributed by atoms with Crippen LogP contribution in [-0.2, 0) is 0 Å². The number of nitrogens with zero attached hydrogens (tertiary/aromatic N) is 3. The fourth-order valence-corrected chi connectivity index (χ4v) is 1.95. The van der Waals surface area contributed by atoms with Gasteiger partial charge in [0, 0.05) is 0 Å². The topological polar surface area (TPSA) is 93.6 Å². The van der Waals surface area contributed by atoms with E-state index in [0.717, 1.165) is 12.0 Å². The van der Waals surface area contributed by atoms with Crippen molar-refractivity contribution >= 4 is 5.84 Å². The number of amidine groups is 1. The molecule has 0 fully saturated rings. The van der Waals surface area contributed by atoms with E-state index in [-0.39, 0.29) is 11.7 Å². The summed E-state index contributed by atoms with van der Waals surface area (Å²) in [5.74, 6) is 1.19. The predicted octanol–water partition coefficient (Wildman–Crippen LogP) is 2.88. The SMILES string of the molecule is CCC(C)c1ccccc1Oc1nnccc1/C(N)=N/O. The molecule has 6 nitrogen and oxygen atoms in total. The van der Waals surface area contributed by atoms with Crippen molar-refractivity contribution in [3.8, 4) is 11.6 Å². The number of ether oxygens (including phenoxy) is 1. The van der Waals surface area contributed by atoms with E-state index in [1.165, 1.54) is 6.20 Å². The summed E-state index contributed by atoms with van der Waals surface area (Å²) in [6.07, 6.45) is 2.45. The second-order valence-corrected chi connectivity index (χ2v) is 4.68. The molecule has 0 spiro atoms. The lowest BCUT2D eigenvalue weighted by Gasteiger charge is -2.15. The molecule has 6 heteroatoms. The zero-order valence-corrected chi connectivity index (χ0v) is 12.0. The Labute approximate surface area is 123 Å². The van der Waals surface area contributed by atoms with Crippen molar-refractivity contribution in [1.82, 2.24) is 10.2 Å².